The number of para-hydroxylation sites is 1. The average molecular weight is 281 g/mol. The SMILES string of the molecule is COCCOc1c(CNCC(C)(C)C)cccc1OC. The van der Waals surface area contributed by atoms with Crippen molar-refractivity contribution >= 4 is 0 Å². The molecule has 4 heteroatoms. The van der Waals surface area contributed by atoms with Crippen molar-refractivity contribution in [3.63, 3.8) is 0 Å². The minimum atomic E-state index is 0.260. The maximum Gasteiger partial charge on any atom is 0.165 e. The van der Waals surface area contributed by atoms with Crippen LogP contribution in [0.15, 0.2) is 18.2 Å². The number of rotatable bonds is 8. The Bertz CT molecular complexity index is 399. The van der Waals surface area contributed by atoms with Crippen LogP contribution < -0.4 is 14.8 Å². The second-order valence-electron chi connectivity index (χ2n) is 5.95. The summed E-state index contributed by atoms with van der Waals surface area (Å²) in [6.45, 7) is 9.42. The molecule has 20 heavy (non-hydrogen) atoms. The number of benzene rings is 1. The molecule has 0 aliphatic heterocycles. The third-order valence-electron chi connectivity index (χ3n) is 2.79. The van der Waals surface area contributed by atoms with Crippen molar-refractivity contribution in [2.45, 2.75) is 27.3 Å². The van der Waals surface area contributed by atoms with Gasteiger partial charge in [0.1, 0.15) is 6.61 Å². The summed E-state index contributed by atoms with van der Waals surface area (Å²) in [4.78, 5) is 0. The average Bonchev–Trinajstić information content (AvgIpc) is 2.38. The van der Waals surface area contributed by atoms with Crippen LogP contribution in [-0.4, -0.2) is 34.0 Å². The van der Waals surface area contributed by atoms with E-state index in [0.717, 1.165) is 30.2 Å². The minimum absolute atomic E-state index is 0.260. The van der Waals surface area contributed by atoms with Gasteiger partial charge in [0.25, 0.3) is 0 Å². The third kappa shape index (κ3) is 5.80. The molecule has 1 N–H and O–H groups in total. The van der Waals surface area contributed by atoms with Gasteiger partial charge >= 0.3 is 0 Å². The van der Waals surface area contributed by atoms with E-state index in [9.17, 15) is 0 Å². The highest BCUT2D eigenvalue weighted by Crippen LogP contribution is 2.31. The van der Waals surface area contributed by atoms with E-state index >= 15 is 0 Å². The molecule has 1 rings (SSSR count). The van der Waals surface area contributed by atoms with Crippen molar-refractivity contribution in [2.24, 2.45) is 5.41 Å². The molecule has 0 atom stereocenters. The molecule has 0 radical (unpaired) electrons. The fraction of sp³-hybridized carbons (Fsp3) is 0.625. The van der Waals surface area contributed by atoms with Crippen LogP contribution in [0.2, 0.25) is 0 Å². The molecule has 1 aromatic carbocycles. The maximum absolute atomic E-state index is 5.79. The molecule has 0 saturated heterocycles. The summed E-state index contributed by atoms with van der Waals surface area (Å²) in [6, 6.07) is 5.95. The largest absolute Gasteiger partial charge is 0.493 e. The molecule has 1 aromatic rings. The Labute approximate surface area is 122 Å². The Morgan fingerprint density at radius 2 is 1.85 bits per heavy atom. The highest BCUT2D eigenvalue weighted by Gasteiger charge is 2.13. The Morgan fingerprint density at radius 1 is 1.10 bits per heavy atom. The first-order valence-corrected chi connectivity index (χ1v) is 6.96. The van der Waals surface area contributed by atoms with Crippen molar-refractivity contribution < 1.29 is 14.2 Å². The van der Waals surface area contributed by atoms with Gasteiger partial charge in [-0.05, 0) is 11.5 Å². The van der Waals surface area contributed by atoms with Gasteiger partial charge in [-0.2, -0.15) is 0 Å². The Hall–Kier alpha value is -1.26. The van der Waals surface area contributed by atoms with Gasteiger partial charge in [-0.1, -0.05) is 32.9 Å². The van der Waals surface area contributed by atoms with Crippen LogP contribution in [0.4, 0.5) is 0 Å². The van der Waals surface area contributed by atoms with E-state index in [-0.39, 0.29) is 5.41 Å². The summed E-state index contributed by atoms with van der Waals surface area (Å²) in [5, 5.41) is 3.46. The second-order valence-corrected chi connectivity index (χ2v) is 5.95. The molecule has 0 heterocycles. The Kier molecular flexibility index (Phi) is 6.82. The molecule has 0 bridgehead atoms. The lowest BCUT2D eigenvalue weighted by molar-refractivity contribution is 0.143. The molecule has 0 fully saturated rings. The zero-order valence-electron chi connectivity index (χ0n) is 13.3. The first-order chi connectivity index (χ1) is 9.48. The molecule has 0 aliphatic rings. The van der Waals surface area contributed by atoms with E-state index in [1.165, 1.54) is 0 Å². The lowest BCUT2D eigenvalue weighted by Gasteiger charge is -2.20. The lowest BCUT2D eigenvalue weighted by atomic mass is 9.97. The minimum Gasteiger partial charge on any atom is -0.493 e. The van der Waals surface area contributed by atoms with Crippen LogP contribution in [0.5, 0.6) is 11.5 Å². The number of ether oxygens (including phenoxy) is 3. The number of nitrogens with one attached hydrogen (secondary N) is 1. The quantitative estimate of drug-likeness (QED) is 0.744. The van der Waals surface area contributed by atoms with Crippen LogP contribution >= 0.6 is 0 Å². The number of hydrogen-bond donors (Lipinski definition) is 1. The molecule has 114 valence electrons. The molecule has 0 saturated carbocycles. The van der Waals surface area contributed by atoms with E-state index in [1.54, 1.807) is 14.2 Å². The molecule has 0 aliphatic carbocycles. The van der Waals surface area contributed by atoms with E-state index in [4.69, 9.17) is 14.2 Å². The summed E-state index contributed by atoms with van der Waals surface area (Å²) in [5.41, 5.74) is 1.36. The topological polar surface area (TPSA) is 39.7 Å². The molecule has 0 spiro atoms. The third-order valence-corrected chi connectivity index (χ3v) is 2.79. The highest BCUT2D eigenvalue weighted by atomic mass is 16.5. The van der Waals surface area contributed by atoms with E-state index in [1.807, 2.05) is 12.1 Å². The highest BCUT2D eigenvalue weighted by molar-refractivity contribution is 5.46. The Balaban J connectivity index is 2.72. The van der Waals surface area contributed by atoms with Crippen LogP contribution in [0.1, 0.15) is 26.3 Å². The van der Waals surface area contributed by atoms with E-state index in [2.05, 4.69) is 32.2 Å². The first kappa shape index (κ1) is 16.8. The van der Waals surface area contributed by atoms with Gasteiger partial charge in [-0.3, -0.25) is 0 Å². The smallest absolute Gasteiger partial charge is 0.165 e. The van der Waals surface area contributed by atoms with Gasteiger partial charge in [-0.25, -0.2) is 0 Å². The van der Waals surface area contributed by atoms with Gasteiger partial charge < -0.3 is 19.5 Å². The van der Waals surface area contributed by atoms with Gasteiger partial charge in [0.05, 0.1) is 13.7 Å². The van der Waals surface area contributed by atoms with E-state index < -0.39 is 0 Å². The van der Waals surface area contributed by atoms with Crippen molar-refractivity contribution in [3.05, 3.63) is 23.8 Å². The number of hydrogen-bond acceptors (Lipinski definition) is 4. The molecule has 0 aromatic heterocycles. The van der Waals surface area contributed by atoms with Crippen molar-refractivity contribution in [1.29, 1.82) is 0 Å². The summed E-state index contributed by atoms with van der Waals surface area (Å²) >= 11 is 0. The van der Waals surface area contributed by atoms with Crippen LogP contribution in [0, 0.1) is 5.41 Å². The van der Waals surface area contributed by atoms with E-state index in [0.29, 0.717) is 13.2 Å². The van der Waals surface area contributed by atoms with Gasteiger partial charge in [0.15, 0.2) is 11.5 Å². The molecule has 4 nitrogen and oxygen atoms in total. The summed E-state index contributed by atoms with van der Waals surface area (Å²) in [7, 11) is 3.32. The maximum atomic E-state index is 5.79. The summed E-state index contributed by atoms with van der Waals surface area (Å²) in [5.74, 6) is 1.56. The fourth-order valence-electron chi connectivity index (χ4n) is 1.82. The van der Waals surface area contributed by atoms with Crippen LogP contribution in [0.3, 0.4) is 0 Å². The van der Waals surface area contributed by atoms with Gasteiger partial charge in [-0.15, -0.1) is 0 Å². The second kappa shape index (κ2) is 8.12. The lowest BCUT2D eigenvalue weighted by Crippen LogP contribution is -2.26. The summed E-state index contributed by atoms with van der Waals surface area (Å²) < 4.78 is 16.2. The molecule has 0 amide bonds. The zero-order valence-corrected chi connectivity index (χ0v) is 13.3. The molecular weight excluding hydrogens is 254 g/mol. The van der Waals surface area contributed by atoms with Crippen molar-refractivity contribution in [3.8, 4) is 11.5 Å². The molecular formula is C16H27NO3. The number of methoxy groups -OCH3 is 2. The van der Waals surface area contributed by atoms with Gasteiger partial charge in [0.2, 0.25) is 0 Å². The monoisotopic (exact) mass is 281 g/mol. The Morgan fingerprint density at radius 3 is 2.45 bits per heavy atom. The fourth-order valence-corrected chi connectivity index (χ4v) is 1.82. The van der Waals surface area contributed by atoms with Gasteiger partial charge in [0, 0.05) is 25.8 Å². The summed E-state index contributed by atoms with van der Waals surface area (Å²) in [6.07, 6.45) is 0. The predicted octanol–water partition coefficient (Wildman–Crippen LogP) is 2.86. The van der Waals surface area contributed by atoms with Crippen molar-refractivity contribution in [2.75, 3.05) is 34.0 Å². The molecule has 0 unspecified atom stereocenters. The van der Waals surface area contributed by atoms with Crippen molar-refractivity contribution in [1.82, 2.24) is 5.32 Å². The van der Waals surface area contributed by atoms with Crippen LogP contribution in [0.25, 0.3) is 0 Å². The standard InChI is InChI=1S/C16H27NO3/c1-16(2,3)12-17-11-13-7-6-8-14(19-5)15(13)20-10-9-18-4/h6-8,17H,9-12H2,1-5H3. The van der Waals surface area contributed by atoms with Crippen LogP contribution in [-0.2, 0) is 11.3 Å². The first-order valence-electron chi connectivity index (χ1n) is 6.96. The zero-order chi connectivity index (χ0) is 15.0. The normalized spacial score (nSPS) is 11.4. The predicted molar refractivity (Wildman–Crippen MR) is 81.5 cm³/mol.